The van der Waals surface area contributed by atoms with Crippen LogP contribution >= 0.6 is 11.6 Å². The van der Waals surface area contributed by atoms with Gasteiger partial charge < -0.3 is 14.5 Å². The summed E-state index contributed by atoms with van der Waals surface area (Å²) in [4.78, 5) is 15.0. The first kappa shape index (κ1) is 12.3. The molecule has 18 heavy (non-hydrogen) atoms. The summed E-state index contributed by atoms with van der Waals surface area (Å²) in [6, 6.07) is 3.36. The Bertz CT molecular complexity index is 716. The monoisotopic (exact) mass is 264 g/mol. The van der Waals surface area contributed by atoms with Gasteiger partial charge in [-0.25, -0.2) is 0 Å². The molecule has 0 amide bonds. The Kier molecular flexibility index (Phi) is 3.13. The largest absolute Gasteiger partial charge is 0.494 e. The Hall–Kier alpha value is -2.19. The lowest BCUT2D eigenvalue weighted by Crippen LogP contribution is -2.09. The Morgan fingerprint density at radius 3 is 2.67 bits per heavy atom. The van der Waals surface area contributed by atoms with Crippen LogP contribution in [0.25, 0.3) is 10.9 Å². The molecule has 1 aromatic carbocycles. The Morgan fingerprint density at radius 1 is 1.39 bits per heavy atom. The maximum atomic E-state index is 12.1. The number of hydrogen-bond donors (Lipinski definition) is 1. The molecule has 0 saturated carbocycles. The number of nitriles is 1. The van der Waals surface area contributed by atoms with Crippen LogP contribution in [0.15, 0.2) is 17.1 Å². The van der Waals surface area contributed by atoms with E-state index in [0.717, 1.165) is 0 Å². The van der Waals surface area contributed by atoms with E-state index < -0.39 is 5.43 Å². The molecular weight excluding hydrogens is 256 g/mol. The van der Waals surface area contributed by atoms with Gasteiger partial charge in [-0.15, -0.1) is 0 Å². The van der Waals surface area contributed by atoms with Crippen LogP contribution in [-0.4, -0.2) is 19.2 Å². The quantitative estimate of drug-likeness (QED) is 0.901. The maximum absolute atomic E-state index is 12.1. The average molecular weight is 265 g/mol. The van der Waals surface area contributed by atoms with Gasteiger partial charge in [-0.05, 0) is 0 Å². The van der Waals surface area contributed by atoms with Gasteiger partial charge in [0, 0.05) is 12.3 Å². The number of halogens is 1. The standard InChI is InChI=1S/C12H9ClN2O3/c1-17-8-3-7(13)12(18-2)9-10(8)15-5-6(4-14)11(9)16/h3,5H,1-2H3,(H,15,16). The summed E-state index contributed by atoms with van der Waals surface area (Å²) in [5.74, 6) is 0.642. The van der Waals surface area contributed by atoms with Crippen molar-refractivity contribution in [1.82, 2.24) is 4.98 Å². The fourth-order valence-corrected chi connectivity index (χ4v) is 2.03. The summed E-state index contributed by atoms with van der Waals surface area (Å²) in [6.07, 6.45) is 1.33. The molecule has 0 bridgehead atoms. The summed E-state index contributed by atoms with van der Waals surface area (Å²) >= 11 is 6.01. The highest BCUT2D eigenvalue weighted by atomic mass is 35.5. The maximum Gasteiger partial charge on any atom is 0.211 e. The predicted octanol–water partition coefficient (Wildman–Crippen LogP) is 2.07. The van der Waals surface area contributed by atoms with E-state index in [4.69, 9.17) is 26.3 Å². The van der Waals surface area contributed by atoms with Crippen LogP contribution in [0, 0.1) is 11.3 Å². The molecule has 0 saturated heterocycles. The van der Waals surface area contributed by atoms with Gasteiger partial charge in [0.25, 0.3) is 0 Å². The van der Waals surface area contributed by atoms with Gasteiger partial charge in [-0.1, -0.05) is 11.6 Å². The number of aromatic nitrogens is 1. The van der Waals surface area contributed by atoms with Crippen molar-refractivity contribution in [2.75, 3.05) is 14.2 Å². The lowest BCUT2D eigenvalue weighted by Gasteiger charge is -2.11. The van der Waals surface area contributed by atoms with E-state index in [-0.39, 0.29) is 21.7 Å². The summed E-state index contributed by atoms with van der Waals surface area (Å²) in [7, 11) is 2.87. The number of methoxy groups -OCH3 is 2. The van der Waals surface area contributed by atoms with Crippen molar-refractivity contribution in [3.8, 4) is 17.6 Å². The molecule has 0 atom stereocenters. The van der Waals surface area contributed by atoms with Gasteiger partial charge >= 0.3 is 0 Å². The molecule has 0 aliphatic rings. The summed E-state index contributed by atoms with van der Waals surface area (Å²) < 4.78 is 10.3. The zero-order valence-corrected chi connectivity index (χ0v) is 10.5. The van der Waals surface area contributed by atoms with E-state index in [1.807, 2.05) is 6.07 Å². The fraction of sp³-hybridized carbons (Fsp3) is 0.167. The second-order valence-corrected chi connectivity index (χ2v) is 3.89. The summed E-state index contributed by atoms with van der Waals surface area (Å²) in [5.41, 5.74) is -0.00299. The zero-order chi connectivity index (χ0) is 13.3. The number of nitrogens with one attached hydrogen (secondary N) is 1. The third-order valence-corrected chi connectivity index (χ3v) is 2.86. The molecule has 0 aliphatic heterocycles. The van der Waals surface area contributed by atoms with Crippen LogP contribution in [0.1, 0.15) is 5.56 Å². The van der Waals surface area contributed by atoms with Gasteiger partial charge in [-0.2, -0.15) is 5.26 Å². The van der Waals surface area contributed by atoms with Gasteiger partial charge in [-0.3, -0.25) is 4.79 Å². The molecule has 0 spiro atoms. The van der Waals surface area contributed by atoms with Crippen molar-refractivity contribution < 1.29 is 9.47 Å². The molecule has 2 aromatic rings. The van der Waals surface area contributed by atoms with Gasteiger partial charge in [0.15, 0.2) is 5.75 Å². The van der Waals surface area contributed by atoms with Crippen molar-refractivity contribution in [1.29, 1.82) is 5.26 Å². The van der Waals surface area contributed by atoms with Gasteiger partial charge in [0.1, 0.15) is 17.4 Å². The van der Waals surface area contributed by atoms with Crippen LogP contribution in [0.2, 0.25) is 5.02 Å². The smallest absolute Gasteiger partial charge is 0.211 e. The molecule has 1 aromatic heterocycles. The second-order valence-electron chi connectivity index (χ2n) is 3.49. The molecule has 6 heteroatoms. The third kappa shape index (κ3) is 1.67. The molecule has 0 radical (unpaired) electrons. The number of benzene rings is 1. The number of fused-ring (bicyclic) bond motifs is 1. The van der Waals surface area contributed by atoms with E-state index in [9.17, 15) is 4.79 Å². The molecule has 2 rings (SSSR count). The average Bonchev–Trinajstić information content (AvgIpc) is 2.38. The second kappa shape index (κ2) is 4.59. The highest BCUT2D eigenvalue weighted by molar-refractivity contribution is 6.33. The molecular formula is C12H9ClN2O3. The number of hydrogen-bond acceptors (Lipinski definition) is 4. The van der Waals surface area contributed by atoms with Gasteiger partial charge in [0.05, 0.1) is 30.1 Å². The van der Waals surface area contributed by atoms with Crippen molar-refractivity contribution in [2.24, 2.45) is 0 Å². The fourth-order valence-electron chi connectivity index (χ4n) is 1.76. The molecule has 1 heterocycles. The minimum atomic E-state index is -0.441. The van der Waals surface area contributed by atoms with Gasteiger partial charge in [0.2, 0.25) is 5.43 Å². The molecule has 1 N–H and O–H groups in total. The zero-order valence-electron chi connectivity index (χ0n) is 9.70. The van der Waals surface area contributed by atoms with Crippen LogP contribution in [0.4, 0.5) is 0 Å². The first-order chi connectivity index (χ1) is 8.63. The molecule has 5 nitrogen and oxygen atoms in total. The predicted molar refractivity (Wildman–Crippen MR) is 67.4 cm³/mol. The van der Waals surface area contributed by atoms with Crippen LogP contribution < -0.4 is 14.9 Å². The van der Waals surface area contributed by atoms with E-state index >= 15 is 0 Å². The number of aromatic amines is 1. The number of ether oxygens (including phenoxy) is 2. The molecule has 0 unspecified atom stereocenters. The van der Waals surface area contributed by atoms with Crippen molar-refractivity contribution >= 4 is 22.5 Å². The topological polar surface area (TPSA) is 75.1 Å². The molecule has 0 fully saturated rings. The summed E-state index contributed by atoms with van der Waals surface area (Å²) in [6.45, 7) is 0. The molecule has 0 aliphatic carbocycles. The Labute approximate surface area is 108 Å². The van der Waals surface area contributed by atoms with Crippen molar-refractivity contribution in [3.05, 3.63) is 33.1 Å². The van der Waals surface area contributed by atoms with E-state index in [1.165, 1.54) is 20.4 Å². The number of nitrogens with zero attached hydrogens (tertiary/aromatic N) is 1. The first-order valence-corrected chi connectivity index (χ1v) is 5.37. The van der Waals surface area contributed by atoms with E-state index in [1.54, 1.807) is 6.07 Å². The van der Waals surface area contributed by atoms with E-state index in [2.05, 4.69) is 4.98 Å². The van der Waals surface area contributed by atoms with Crippen molar-refractivity contribution in [3.63, 3.8) is 0 Å². The Balaban J connectivity index is 3.05. The number of H-pyrrole nitrogens is 1. The van der Waals surface area contributed by atoms with Crippen LogP contribution in [-0.2, 0) is 0 Å². The van der Waals surface area contributed by atoms with Crippen molar-refractivity contribution in [2.45, 2.75) is 0 Å². The van der Waals surface area contributed by atoms with Crippen LogP contribution in [0.3, 0.4) is 0 Å². The highest BCUT2D eigenvalue weighted by Crippen LogP contribution is 2.36. The minimum Gasteiger partial charge on any atom is -0.494 e. The lowest BCUT2D eigenvalue weighted by molar-refractivity contribution is 0.410. The van der Waals surface area contributed by atoms with Crippen LogP contribution in [0.5, 0.6) is 11.5 Å². The van der Waals surface area contributed by atoms with E-state index in [0.29, 0.717) is 11.3 Å². The first-order valence-electron chi connectivity index (χ1n) is 5.00. The number of pyridine rings is 1. The molecule has 92 valence electrons. The Morgan fingerprint density at radius 2 is 2.11 bits per heavy atom. The summed E-state index contributed by atoms with van der Waals surface area (Å²) in [5, 5.41) is 9.32. The lowest BCUT2D eigenvalue weighted by atomic mass is 10.1. The SMILES string of the molecule is COc1cc(Cl)c(OC)c2c(=O)c(C#N)c[nH]c12. The normalized spacial score (nSPS) is 10.1. The number of rotatable bonds is 2. The third-order valence-electron chi connectivity index (χ3n) is 2.58. The highest BCUT2D eigenvalue weighted by Gasteiger charge is 2.17. The minimum absolute atomic E-state index is 0.00915.